The van der Waals surface area contributed by atoms with Gasteiger partial charge in [0.15, 0.2) is 5.82 Å². The summed E-state index contributed by atoms with van der Waals surface area (Å²) in [7, 11) is -3.85. The molecular weight excluding hydrogens is 380 g/mol. The Hall–Kier alpha value is -2.69. The lowest BCUT2D eigenvalue weighted by molar-refractivity contribution is 0.0857. The van der Waals surface area contributed by atoms with Crippen LogP contribution in [0.25, 0.3) is 11.3 Å². The van der Waals surface area contributed by atoms with Crippen LogP contribution in [0.5, 0.6) is 0 Å². The van der Waals surface area contributed by atoms with Crippen LogP contribution < -0.4 is 10.5 Å². The first-order valence-corrected chi connectivity index (χ1v) is 9.90. The first kappa shape index (κ1) is 21.6. The summed E-state index contributed by atoms with van der Waals surface area (Å²) in [4.78, 5) is 8.38. The van der Waals surface area contributed by atoms with Crippen molar-refractivity contribution in [3.8, 4) is 11.3 Å². The zero-order valence-corrected chi connectivity index (χ0v) is 17.0. The molecule has 9 nitrogen and oxygen atoms in total. The molecule has 2 rings (SSSR count). The van der Waals surface area contributed by atoms with Gasteiger partial charge in [-0.2, -0.15) is 0 Å². The molecule has 1 aromatic heterocycles. The van der Waals surface area contributed by atoms with E-state index in [-0.39, 0.29) is 34.4 Å². The van der Waals surface area contributed by atoms with E-state index in [9.17, 15) is 13.5 Å². The molecule has 0 amide bonds. The topological polar surface area (TPSA) is 166 Å². The van der Waals surface area contributed by atoms with Crippen LogP contribution >= 0.6 is 0 Å². The maximum Gasteiger partial charge on any atom is 0.240 e. The Labute approximate surface area is 164 Å². The second kappa shape index (κ2) is 7.74. The predicted molar refractivity (Wildman–Crippen MR) is 108 cm³/mol. The van der Waals surface area contributed by atoms with Crippen molar-refractivity contribution in [3.63, 3.8) is 0 Å². The van der Waals surface area contributed by atoms with Gasteiger partial charge >= 0.3 is 0 Å². The third-order valence-electron chi connectivity index (χ3n) is 3.90. The molecule has 10 heteroatoms. The fourth-order valence-corrected chi connectivity index (χ4v) is 3.52. The number of rotatable bonds is 7. The van der Waals surface area contributed by atoms with Crippen LogP contribution in [0.4, 0.5) is 5.82 Å². The molecule has 0 aliphatic heterocycles. The van der Waals surface area contributed by atoms with E-state index in [1.807, 2.05) is 0 Å². The number of nitrogens with one attached hydrogen (secondary N) is 3. The molecule has 0 atom stereocenters. The Balaban J connectivity index is 2.51. The summed E-state index contributed by atoms with van der Waals surface area (Å²) in [6, 6.07) is 4.55. The number of nitrogen functional groups attached to an aromatic ring is 1. The average molecular weight is 404 g/mol. The summed E-state index contributed by atoms with van der Waals surface area (Å²) in [5.41, 5.74) is 6.10. The van der Waals surface area contributed by atoms with E-state index >= 15 is 0 Å². The average Bonchev–Trinajstić information content (AvgIpc) is 2.59. The molecule has 150 valence electrons. The molecule has 0 saturated carbocycles. The number of aliphatic hydroxyl groups is 1. The smallest absolute Gasteiger partial charge is 0.240 e. The SMILES string of the molecule is CC(=N)C(=N)c1nc(-c2cc(S(=O)(=O)NCC(C)(C)O)ccc2C)cnc1N. The molecule has 0 radical (unpaired) electrons. The molecule has 0 aliphatic rings. The van der Waals surface area contributed by atoms with Gasteiger partial charge in [-0.15, -0.1) is 0 Å². The molecule has 0 aliphatic carbocycles. The summed E-state index contributed by atoms with van der Waals surface area (Å²) in [6.45, 7) is 6.10. The third kappa shape index (κ3) is 4.97. The van der Waals surface area contributed by atoms with Crippen molar-refractivity contribution in [2.24, 2.45) is 0 Å². The van der Waals surface area contributed by atoms with Gasteiger partial charge in [-0.1, -0.05) is 6.07 Å². The van der Waals surface area contributed by atoms with E-state index in [0.717, 1.165) is 5.56 Å². The van der Waals surface area contributed by atoms with Crippen LogP contribution in [0, 0.1) is 17.7 Å². The Morgan fingerprint density at radius 3 is 2.54 bits per heavy atom. The second-order valence-electron chi connectivity index (χ2n) is 7.10. The van der Waals surface area contributed by atoms with Crippen molar-refractivity contribution in [1.29, 1.82) is 10.8 Å². The van der Waals surface area contributed by atoms with Crippen LogP contribution in [-0.2, 0) is 10.0 Å². The number of benzene rings is 1. The van der Waals surface area contributed by atoms with Crippen LogP contribution in [0.2, 0.25) is 0 Å². The van der Waals surface area contributed by atoms with E-state index < -0.39 is 15.6 Å². The van der Waals surface area contributed by atoms with Gasteiger partial charge in [-0.3, -0.25) is 5.41 Å². The fraction of sp³-hybridized carbons (Fsp3) is 0.333. The highest BCUT2D eigenvalue weighted by Gasteiger charge is 2.21. The molecule has 0 spiro atoms. The van der Waals surface area contributed by atoms with Crippen LogP contribution in [-0.4, -0.2) is 47.1 Å². The van der Waals surface area contributed by atoms with Crippen molar-refractivity contribution in [3.05, 3.63) is 35.7 Å². The molecule has 1 heterocycles. The summed E-state index contributed by atoms with van der Waals surface area (Å²) < 4.78 is 27.5. The fourth-order valence-electron chi connectivity index (χ4n) is 2.29. The Morgan fingerprint density at radius 1 is 1.32 bits per heavy atom. The van der Waals surface area contributed by atoms with E-state index in [1.54, 1.807) is 13.0 Å². The predicted octanol–water partition coefficient (Wildman–Crippen LogP) is 1.49. The van der Waals surface area contributed by atoms with Gasteiger partial charge in [0, 0.05) is 12.1 Å². The molecule has 2 aromatic rings. The maximum absolute atomic E-state index is 12.6. The minimum atomic E-state index is -3.85. The summed E-state index contributed by atoms with van der Waals surface area (Å²) in [6.07, 6.45) is 1.40. The van der Waals surface area contributed by atoms with Crippen molar-refractivity contribution in [1.82, 2.24) is 14.7 Å². The minimum absolute atomic E-state index is 0.0100. The lowest BCUT2D eigenvalue weighted by atomic mass is 10.1. The number of aromatic nitrogens is 2. The van der Waals surface area contributed by atoms with Gasteiger partial charge in [0.1, 0.15) is 11.4 Å². The molecule has 0 bridgehead atoms. The highest BCUT2D eigenvalue weighted by Crippen LogP contribution is 2.26. The van der Waals surface area contributed by atoms with E-state index in [2.05, 4.69) is 14.7 Å². The van der Waals surface area contributed by atoms with Gasteiger partial charge < -0.3 is 16.2 Å². The normalized spacial score (nSPS) is 12.0. The molecule has 6 N–H and O–H groups in total. The van der Waals surface area contributed by atoms with Gasteiger partial charge in [0.05, 0.1) is 28.1 Å². The largest absolute Gasteiger partial charge is 0.389 e. The highest BCUT2D eigenvalue weighted by molar-refractivity contribution is 7.89. The zero-order chi connectivity index (χ0) is 21.3. The number of anilines is 1. The first-order chi connectivity index (χ1) is 12.8. The van der Waals surface area contributed by atoms with Crippen LogP contribution in [0.1, 0.15) is 32.0 Å². The maximum atomic E-state index is 12.6. The summed E-state index contributed by atoms with van der Waals surface area (Å²) >= 11 is 0. The lowest BCUT2D eigenvalue weighted by Crippen LogP contribution is -2.38. The van der Waals surface area contributed by atoms with E-state index in [4.69, 9.17) is 16.6 Å². The molecular formula is C18H24N6O3S. The van der Waals surface area contributed by atoms with Gasteiger partial charge in [0.25, 0.3) is 0 Å². The van der Waals surface area contributed by atoms with E-state index in [1.165, 1.54) is 39.1 Å². The number of hydrogen-bond acceptors (Lipinski definition) is 8. The van der Waals surface area contributed by atoms with Crippen LogP contribution in [0.3, 0.4) is 0 Å². The molecule has 0 unspecified atom stereocenters. The standard InChI is InChI=1S/C18H24N6O3S/c1-10-5-6-12(28(26,27)23-9-18(3,4)25)7-13(10)14-8-22-17(21)16(24-14)15(20)11(2)19/h5-8,19-20,23,25H,9H2,1-4H3,(H2,21,22). The van der Waals surface area contributed by atoms with Crippen molar-refractivity contribution < 1.29 is 13.5 Å². The second-order valence-corrected chi connectivity index (χ2v) is 8.87. The number of hydrogen-bond donors (Lipinski definition) is 5. The number of aryl methyl sites for hydroxylation is 1. The minimum Gasteiger partial charge on any atom is -0.389 e. The first-order valence-electron chi connectivity index (χ1n) is 8.42. The Kier molecular flexibility index (Phi) is 5.97. The molecule has 0 fully saturated rings. The van der Waals surface area contributed by atoms with Crippen LogP contribution in [0.15, 0.2) is 29.3 Å². The molecule has 28 heavy (non-hydrogen) atoms. The number of sulfonamides is 1. The number of nitrogens with two attached hydrogens (primary N) is 1. The van der Waals surface area contributed by atoms with Crippen molar-refractivity contribution >= 4 is 27.3 Å². The zero-order valence-electron chi connectivity index (χ0n) is 16.2. The Bertz CT molecular complexity index is 1040. The number of nitrogens with zero attached hydrogens (tertiary/aromatic N) is 2. The lowest BCUT2D eigenvalue weighted by Gasteiger charge is -2.18. The quantitative estimate of drug-likeness (QED) is 0.438. The summed E-state index contributed by atoms with van der Waals surface area (Å²) in [5.74, 6) is 0.0219. The third-order valence-corrected chi connectivity index (χ3v) is 5.30. The van der Waals surface area contributed by atoms with Crippen molar-refractivity contribution in [2.75, 3.05) is 12.3 Å². The molecule has 0 saturated heterocycles. The Morgan fingerprint density at radius 2 is 1.96 bits per heavy atom. The van der Waals surface area contributed by atoms with Gasteiger partial charge in [0.2, 0.25) is 10.0 Å². The van der Waals surface area contributed by atoms with Gasteiger partial charge in [-0.25, -0.2) is 23.1 Å². The monoisotopic (exact) mass is 404 g/mol. The highest BCUT2D eigenvalue weighted by atomic mass is 32.2. The van der Waals surface area contributed by atoms with Crippen molar-refractivity contribution in [2.45, 2.75) is 38.2 Å². The summed E-state index contributed by atoms with van der Waals surface area (Å²) in [5, 5.41) is 25.3. The van der Waals surface area contributed by atoms with Gasteiger partial charge in [-0.05, 0) is 45.4 Å². The molecule has 1 aromatic carbocycles. The van der Waals surface area contributed by atoms with E-state index in [0.29, 0.717) is 11.3 Å².